The molecule has 0 spiro atoms. The van der Waals surface area contributed by atoms with Crippen LogP contribution < -0.4 is 4.90 Å². The molecular weight excluding hydrogens is 847 g/mol. The summed E-state index contributed by atoms with van der Waals surface area (Å²) in [5.41, 5.74) is 19.1. The van der Waals surface area contributed by atoms with E-state index in [1.807, 2.05) is 12.1 Å². The molecule has 0 aliphatic rings. The first-order valence-electron chi connectivity index (χ1n) is 24.0. The SMILES string of the molecule is c1ccc(-c2cc(-c3ccccc3)cc(N(c3ccc(-c4cccc5oc6ccccc6c45)cc3)c3cccc(-c4ccc5c(c4)c(-c4ccccc4)c(-c4ccccc4)c4ccccc45)c3)c2)cc1. The molecule has 0 saturated carbocycles. The molecule has 0 bridgehead atoms. The average Bonchev–Trinajstić information content (AvgIpc) is 3.83. The molecule has 70 heavy (non-hydrogen) atoms. The topological polar surface area (TPSA) is 16.4 Å². The summed E-state index contributed by atoms with van der Waals surface area (Å²) in [7, 11) is 0. The van der Waals surface area contributed by atoms with Crippen molar-refractivity contribution < 1.29 is 4.42 Å². The van der Waals surface area contributed by atoms with Crippen LogP contribution in [0.4, 0.5) is 17.1 Å². The first-order chi connectivity index (χ1) is 34.7. The highest BCUT2D eigenvalue weighted by Gasteiger charge is 2.21. The average molecular weight is 892 g/mol. The lowest BCUT2D eigenvalue weighted by Gasteiger charge is -2.27. The Morgan fingerprint density at radius 2 is 0.700 bits per heavy atom. The molecule has 0 saturated heterocycles. The molecule has 13 aromatic rings. The van der Waals surface area contributed by atoms with Gasteiger partial charge in [-0.15, -0.1) is 0 Å². The van der Waals surface area contributed by atoms with Gasteiger partial charge in [0.2, 0.25) is 0 Å². The molecule has 13 rings (SSSR count). The molecular formula is C68H45NO. The van der Waals surface area contributed by atoms with Crippen molar-refractivity contribution in [2.24, 2.45) is 0 Å². The van der Waals surface area contributed by atoms with Crippen molar-refractivity contribution in [3.8, 4) is 66.8 Å². The zero-order valence-corrected chi connectivity index (χ0v) is 38.3. The summed E-state index contributed by atoms with van der Waals surface area (Å²) >= 11 is 0. The smallest absolute Gasteiger partial charge is 0.136 e. The number of furan rings is 1. The number of hydrogen-bond acceptors (Lipinski definition) is 2. The van der Waals surface area contributed by atoms with Gasteiger partial charge >= 0.3 is 0 Å². The van der Waals surface area contributed by atoms with Crippen LogP contribution in [0.2, 0.25) is 0 Å². The van der Waals surface area contributed by atoms with Gasteiger partial charge < -0.3 is 9.32 Å². The predicted molar refractivity (Wildman–Crippen MR) is 296 cm³/mol. The summed E-state index contributed by atoms with van der Waals surface area (Å²) in [4.78, 5) is 2.41. The third-order valence-corrected chi connectivity index (χ3v) is 13.8. The van der Waals surface area contributed by atoms with E-state index in [1.165, 1.54) is 54.9 Å². The normalized spacial score (nSPS) is 11.4. The van der Waals surface area contributed by atoms with Crippen molar-refractivity contribution in [1.29, 1.82) is 0 Å². The van der Waals surface area contributed by atoms with Gasteiger partial charge in [0.05, 0.1) is 0 Å². The third kappa shape index (κ3) is 7.31. The van der Waals surface area contributed by atoms with Crippen LogP contribution in [0.3, 0.4) is 0 Å². The fourth-order valence-corrected chi connectivity index (χ4v) is 10.6. The monoisotopic (exact) mass is 891 g/mol. The van der Waals surface area contributed by atoms with E-state index in [2.05, 4.69) is 266 Å². The van der Waals surface area contributed by atoms with Gasteiger partial charge in [-0.2, -0.15) is 0 Å². The summed E-state index contributed by atoms with van der Waals surface area (Å²) in [6, 6.07) is 98.8. The molecule has 0 radical (unpaired) electrons. The van der Waals surface area contributed by atoms with Crippen LogP contribution in [-0.4, -0.2) is 0 Å². The summed E-state index contributed by atoms with van der Waals surface area (Å²) in [6.07, 6.45) is 0. The minimum atomic E-state index is 0.890. The first-order valence-corrected chi connectivity index (χ1v) is 24.0. The van der Waals surface area contributed by atoms with Gasteiger partial charge in [0, 0.05) is 27.8 Å². The van der Waals surface area contributed by atoms with Crippen molar-refractivity contribution in [1.82, 2.24) is 0 Å². The van der Waals surface area contributed by atoms with Crippen LogP contribution in [-0.2, 0) is 0 Å². The highest BCUT2D eigenvalue weighted by Crippen LogP contribution is 2.47. The summed E-state index contributed by atoms with van der Waals surface area (Å²) in [6.45, 7) is 0. The van der Waals surface area contributed by atoms with Crippen molar-refractivity contribution in [3.63, 3.8) is 0 Å². The predicted octanol–water partition coefficient (Wildman–Crippen LogP) is 19.4. The molecule has 0 amide bonds. The van der Waals surface area contributed by atoms with E-state index in [4.69, 9.17) is 4.42 Å². The molecule has 0 aliphatic carbocycles. The van der Waals surface area contributed by atoms with E-state index < -0.39 is 0 Å². The van der Waals surface area contributed by atoms with Crippen LogP contribution >= 0.6 is 0 Å². The van der Waals surface area contributed by atoms with Gasteiger partial charge in [-0.3, -0.25) is 0 Å². The second kappa shape index (κ2) is 17.4. The van der Waals surface area contributed by atoms with E-state index in [9.17, 15) is 0 Å². The Balaban J connectivity index is 1.01. The van der Waals surface area contributed by atoms with Crippen molar-refractivity contribution in [2.45, 2.75) is 0 Å². The van der Waals surface area contributed by atoms with E-state index in [-0.39, 0.29) is 0 Å². The highest BCUT2D eigenvalue weighted by molar-refractivity contribution is 6.22. The maximum atomic E-state index is 6.32. The Bertz CT molecular complexity index is 3970. The highest BCUT2D eigenvalue weighted by atomic mass is 16.3. The Morgan fingerprint density at radius 3 is 1.36 bits per heavy atom. The van der Waals surface area contributed by atoms with Crippen molar-refractivity contribution in [2.75, 3.05) is 4.90 Å². The van der Waals surface area contributed by atoms with Crippen LogP contribution in [0.1, 0.15) is 0 Å². The summed E-state index contributed by atoms with van der Waals surface area (Å²) in [5.74, 6) is 0. The molecule has 1 heterocycles. The number of anilines is 3. The Morgan fingerprint density at radius 1 is 0.229 bits per heavy atom. The standard InChI is InChI=1S/C68H45NO/c1-5-19-46(20-6-1)53-41-54(47-21-7-2-8-22-47)44-57(43-53)69(55-38-35-48(36-39-55)58-32-18-34-65-68(58)62-31-15-16-33-64(62)70-65)56-28-17-27-51(42-56)52-37-40-60-59-29-13-14-30-61(59)66(49-23-9-3-10-24-49)67(63(60)45-52)50-25-11-4-12-26-50/h1-45H. The van der Waals surface area contributed by atoms with Crippen LogP contribution in [0.15, 0.2) is 277 Å². The largest absolute Gasteiger partial charge is 0.456 e. The second-order valence-corrected chi connectivity index (χ2v) is 18.0. The maximum absolute atomic E-state index is 6.32. The number of para-hydroxylation sites is 1. The molecule has 0 unspecified atom stereocenters. The van der Waals surface area contributed by atoms with Gasteiger partial charge in [-0.05, 0) is 149 Å². The number of rotatable bonds is 9. The van der Waals surface area contributed by atoms with Gasteiger partial charge in [0.25, 0.3) is 0 Å². The number of fused-ring (bicyclic) bond motifs is 6. The number of benzene rings is 12. The fourth-order valence-electron chi connectivity index (χ4n) is 10.6. The quantitative estimate of drug-likeness (QED) is 0.134. The fraction of sp³-hybridized carbons (Fsp3) is 0. The second-order valence-electron chi connectivity index (χ2n) is 18.0. The van der Waals surface area contributed by atoms with E-state index in [0.717, 1.165) is 72.4 Å². The molecule has 0 N–H and O–H groups in total. The van der Waals surface area contributed by atoms with E-state index in [1.54, 1.807) is 0 Å². The first kappa shape index (κ1) is 41.0. The van der Waals surface area contributed by atoms with Crippen molar-refractivity contribution in [3.05, 3.63) is 273 Å². The molecule has 0 aliphatic heterocycles. The number of hydrogen-bond donors (Lipinski definition) is 0. The molecule has 0 fully saturated rings. The Kier molecular flexibility index (Phi) is 10.2. The van der Waals surface area contributed by atoms with Gasteiger partial charge in [-0.25, -0.2) is 0 Å². The summed E-state index contributed by atoms with van der Waals surface area (Å²) in [5, 5.41) is 7.21. The van der Waals surface area contributed by atoms with Gasteiger partial charge in [0.1, 0.15) is 11.2 Å². The van der Waals surface area contributed by atoms with Crippen molar-refractivity contribution >= 4 is 60.5 Å². The maximum Gasteiger partial charge on any atom is 0.136 e. The van der Waals surface area contributed by atoms with Crippen LogP contribution in [0, 0.1) is 0 Å². The molecule has 0 atom stereocenters. The minimum absolute atomic E-state index is 0.890. The minimum Gasteiger partial charge on any atom is -0.456 e. The molecule has 1 aromatic heterocycles. The molecule has 2 heteroatoms. The molecule has 328 valence electrons. The lowest BCUT2D eigenvalue weighted by molar-refractivity contribution is 0.669. The Hall–Kier alpha value is -9.24. The zero-order chi connectivity index (χ0) is 46.4. The van der Waals surface area contributed by atoms with E-state index >= 15 is 0 Å². The van der Waals surface area contributed by atoms with Crippen LogP contribution in [0.5, 0.6) is 0 Å². The lowest BCUT2D eigenvalue weighted by Crippen LogP contribution is -2.10. The number of nitrogens with zero attached hydrogens (tertiary/aromatic N) is 1. The third-order valence-electron chi connectivity index (χ3n) is 13.8. The molecule has 2 nitrogen and oxygen atoms in total. The van der Waals surface area contributed by atoms with Gasteiger partial charge in [-0.1, -0.05) is 212 Å². The Labute approximate surface area is 407 Å². The summed E-state index contributed by atoms with van der Waals surface area (Å²) < 4.78 is 6.32. The molecule has 12 aromatic carbocycles. The lowest BCUT2D eigenvalue weighted by atomic mass is 9.84. The van der Waals surface area contributed by atoms with E-state index in [0.29, 0.717) is 0 Å². The van der Waals surface area contributed by atoms with Gasteiger partial charge in [0.15, 0.2) is 0 Å². The zero-order valence-electron chi connectivity index (χ0n) is 38.3. The van der Waals surface area contributed by atoms with Crippen LogP contribution in [0.25, 0.3) is 110 Å².